The summed E-state index contributed by atoms with van der Waals surface area (Å²) >= 11 is 0. The van der Waals surface area contributed by atoms with Crippen LogP contribution in [0.3, 0.4) is 0 Å². The molecular weight excluding hydrogens is 294 g/mol. The van der Waals surface area contributed by atoms with E-state index in [1.807, 2.05) is 12.1 Å². The van der Waals surface area contributed by atoms with Gasteiger partial charge in [-0.05, 0) is 60.4 Å². The monoisotopic (exact) mass is 323 g/mol. The minimum absolute atomic E-state index is 0.101. The van der Waals surface area contributed by atoms with Crippen LogP contribution in [0.15, 0.2) is 48.5 Å². The van der Waals surface area contributed by atoms with E-state index in [0.717, 1.165) is 12.1 Å². The van der Waals surface area contributed by atoms with Crippen molar-refractivity contribution in [2.24, 2.45) is 5.41 Å². The Morgan fingerprint density at radius 3 is 1.92 bits per heavy atom. The summed E-state index contributed by atoms with van der Waals surface area (Å²) in [5, 5.41) is 9.16. The molecule has 0 saturated heterocycles. The van der Waals surface area contributed by atoms with Crippen LogP contribution in [0.2, 0.25) is 0 Å². The van der Waals surface area contributed by atoms with Gasteiger partial charge < -0.3 is 10.0 Å². The van der Waals surface area contributed by atoms with Crippen LogP contribution in [0.4, 0.5) is 5.69 Å². The van der Waals surface area contributed by atoms with Crippen molar-refractivity contribution < 1.29 is 5.11 Å². The van der Waals surface area contributed by atoms with Crippen LogP contribution in [-0.2, 0) is 6.61 Å². The first-order valence-electron chi connectivity index (χ1n) is 9.25. The second-order valence-corrected chi connectivity index (χ2v) is 7.12. The van der Waals surface area contributed by atoms with E-state index in [-0.39, 0.29) is 6.61 Å². The maximum Gasteiger partial charge on any atom is 0.0681 e. The zero-order chi connectivity index (χ0) is 17.0. The molecule has 1 aliphatic carbocycles. The maximum absolute atomic E-state index is 9.16. The molecule has 128 valence electrons. The Bertz CT molecular complexity index is 635. The van der Waals surface area contributed by atoms with E-state index in [1.54, 1.807) is 0 Å². The highest BCUT2D eigenvalue weighted by atomic mass is 16.3. The smallest absolute Gasteiger partial charge is 0.0681 e. The van der Waals surface area contributed by atoms with Gasteiger partial charge in [-0.1, -0.05) is 49.7 Å². The lowest BCUT2D eigenvalue weighted by Crippen LogP contribution is -2.42. The third-order valence-electron chi connectivity index (χ3n) is 5.77. The molecule has 2 nitrogen and oxygen atoms in total. The van der Waals surface area contributed by atoms with Gasteiger partial charge in [0.2, 0.25) is 0 Å². The van der Waals surface area contributed by atoms with Crippen LogP contribution in [0.1, 0.15) is 45.1 Å². The molecule has 0 radical (unpaired) electrons. The quantitative estimate of drug-likeness (QED) is 0.752. The first-order valence-corrected chi connectivity index (χ1v) is 9.25. The summed E-state index contributed by atoms with van der Waals surface area (Å²) in [5.74, 6) is 0. The van der Waals surface area contributed by atoms with Crippen LogP contribution in [0.25, 0.3) is 11.1 Å². The fourth-order valence-electron chi connectivity index (χ4n) is 3.76. The van der Waals surface area contributed by atoms with E-state index in [0.29, 0.717) is 5.41 Å². The molecule has 2 aromatic carbocycles. The van der Waals surface area contributed by atoms with Gasteiger partial charge in [-0.25, -0.2) is 0 Å². The number of benzene rings is 2. The lowest BCUT2D eigenvalue weighted by atomic mass is 9.66. The van der Waals surface area contributed by atoms with Crippen molar-refractivity contribution in [1.29, 1.82) is 0 Å². The molecule has 1 fully saturated rings. The predicted molar refractivity (Wildman–Crippen MR) is 102 cm³/mol. The number of hydrogen-bond acceptors (Lipinski definition) is 2. The van der Waals surface area contributed by atoms with Crippen molar-refractivity contribution in [1.82, 2.24) is 0 Å². The number of anilines is 1. The van der Waals surface area contributed by atoms with Crippen molar-refractivity contribution in [3.63, 3.8) is 0 Å². The molecule has 3 rings (SSSR count). The van der Waals surface area contributed by atoms with Gasteiger partial charge in [-0.15, -0.1) is 0 Å². The molecule has 0 aliphatic heterocycles. The maximum atomic E-state index is 9.16. The summed E-state index contributed by atoms with van der Waals surface area (Å²) in [6.07, 6.45) is 5.46. The molecule has 0 aromatic heterocycles. The molecule has 24 heavy (non-hydrogen) atoms. The van der Waals surface area contributed by atoms with Gasteiger partial charge in [0, 0.05) is 18.8 Å². The second kappa shape index (κ2) is 7.40. The van der Waals surface area contributed by atoms with E-state index in [2.05, 4.69) is 55.1 Å². The number of nitrogens with zero attached hydrogens (tertiary/aromatic N) is 1. The molecule has 1 N–H and O–H groups in total. The highest BCUT2D eigenvalue weighted by Gasteiger charge is 2.36. The van der Waals surface area contributed by atoms with Gasteiger partial charge in [0.25, 0.3) is 0 Å². The second-order valence-electron chi connectivity index (χ2n) is 7.12. The van der Waals surface area contributed by atoms with Gasteiger partial charge in [-0.2, -0.15) is 0 Å². The molecule has 0 atom stereocenters. The average molecular weight is 323 g/mol. The molecule has 0 unspecified atom stereocenters. The Hall–Kier alpha value is -1.80. The highest BCUT2D eigenvalue weighted by molar-refractivity contribution is 5.66. The number of hydrogen-bond donors (Lipinski definition) is 1. The van der Waals surface area contributed by atoms with Crippen molar-refractivity contribution in [2.45, 2.75) is 46.1 Å². The van der Waals surface area contributed by atoms with Crippen LogP contribution in [0.5, 0.6) is 0 Å². The van der Waals surface area contributed by atoms with Crippen LogP contribution >= 0.6 is 0 Å². The van der Waals surface area contributed by atoms with E-state index in [4.69, 9.17) is 5.11 Å². The molecule has 0 bridgehead atoms. The largest absolute Gasteiger partial charge is 0.392 e. The normalized spacial score (nSPS) is 15.8. The molecule has 1 aliphatic rings. The minimum atomic E-state index is 0.101. The van der Waals surface area contributed by atoms with E-state index >= 15 is 0 Å². The fourth-order valence-corrected chi connectivity index (χ4v) is 3.76. The summed E-state index contributed by atoms with van der Waals surface area (Å²) in [6, 6.07) is 17.1. The molecule has 0 amide bonds. The Morgan fingerprint density at radius 1 is 0.917 bits per heavy atom. The summed E-state index contributed by atoms with van der Waals surface area (Å²) in [7, 11) is 0. The first-order chi connectivity index (χ1) is 11.7. The third kappa shape index (κ3) is 3.49. The van der Waals surface area contributed by atoms with E-state index in [9.17, 15) is 0 Å². The molecule has 0 spiro atoms. The summed E-state index contributed by atoms with van der Waals surface area (Å²) < 4.78 is 0. The van der Waals surface area contributed by atoms with Crippen molar-refractivity contribution in [3.8, 4) is 11.1 Å². The van der Waals surface area contributed by atoms with Crippen LogP contribution in [-0.4, -0.2) is 18.2 Å². The molecule has 1 saturated carbocycles. The summed E-state index contributed by atoms with van der Waals surface area (Å²) in [5.41, 5.74) is 5.26. The van der Waals surface area contributed by atoms with Gasteiger partial charge >= 0.3 is 0 Å². The Morgan fingerprint density at radius 2 is 1.50 bits per heavy atom. The van der Waals surface area contributed by atoms with Gasteiger partial charge in [0.15, 0.2) is 0 Å². The molecule has 2 aromatic rings. The zero-order valence-corrected chi connectivity index (χ0v) is 15.0. The number of aliphatic hydroxyl groups is 1. The van der Waals surface area contributed by atoms with Crippen molar-refractivity contribution >= 4 is 5.69 Å². The standard InChI is InChI=1S/C22H29NO/c1-3-22(14-5-15-22)17-23(4-2)21-12-10-20(11-13-21)19-8-6-18(16-24)7-9-19/h6-13,24H,3-5,14-17H2,1-2H3. The fraction of sp³-hybridized carbons (Fsp3) is 0.455. The van der Waals surface area contributed by atoms with Crippen LogP contribution < -0.4 is 4.90 Å². The third-order valence-corrected chi connectivity index (χ3v) is 5.77. The Kier molecular flexibility index (Phi) is 5.25. The highest BCUT2D eigenvalue weighted by Crippen LogP contribution is 2.45. The summed E-state index contributed by atoms with van der Waals surface area (Å²) in [6.45, 7) is 6.94. The molecular formula is C22H29NO. The average Bonchev–Trinajstić information content (AvgIpc) is 2.62. The minimum Gasteiger partial charge on any atom is -0.392 e. The number of aliphatic hydroxyl groups excluding tert-OH is 1. The first kappa shape index (κ1) is 17.0. The Labute approximate surface area is 146 Å². The summed E-state index contributed by atoms with van der Waals surface area (Å²) in [4.78, 5) is 2.53. The van der Waals surface area contributed by atoms with E-state index in [1.165, 1.54) is 49.0 Å². The lowest BCUT2D eigenvalue weighted by molar-refractivity contribution is 0.135. The van der Waals surface area contributed by atoms with Gasteiger partial charge in [0.1, 0.15) is 0 Å². The number of rotatable bonds is 7. The molecule has 2 heteroatoms. The van der Waals surface area contributed by atoms with Crippen molar-refractivity contribution in [3.05, 3.63) is 54.1 Å². The topological polar surface area (TPSA) is 23.5 Å². The molecule has 0 heterocycles. The lowest BCUT2D eigenvalue weighted by Gasteiger charge is -2.45. The van der Waals surface area contributed by atoms with Crippen molar-refractivity contribution in [2.75, 3.05) is 18.0 Å². The zero-order valence-electron chi connectivity index (χ0n) is 15.0. The van der Waals surface area contributed by atoms with E-state index < -0.39 is 0 Å². The van der Waals surface area contributed by atoms with Crippen LogP contribution in [0, 0.1) is 5.41 Å². The van der Waals surface area contributed by atoms with Gasteiger partial charge in [-0.3, -0.25) is 0 Å². The van der Waals surface area contributed by atoms with Gasteiger partial charge in [0.05, 0.1) is 6.61 Å². The Balaban J connectivity index is 1.74. The predicted octanol–water partition coefficient (Wildman–Crippen LogP) is 5.25. The SMILES string of the molecule is CCN(CC1(CC)CCC1)c1ccc(-c2ccc(CO)cc2)cc1.